The Morgan fingerprint density at radius 2 is 2.24 bits per heavy atom. The van der Waals surface area contributed by atoms with Crippen LogP contribution in [-0.4, -0.2) is 28.5 Å². The molecule has 1 aliphatic heterocycles. The second kappa shape index (κ2) is 5.61. The minimum atomic E-state index is 0.116. The molecule has 0 bridgehead atoms. The standard InChI is InChI=1S/C14H23N3/c1-11-7-4-6-10-17(11)14(12(2)15)13-8-3-5-9-16-13/h3,5,8-9,11-12,14H,4,6-7,10,15H2,1-2H3. The van der Waals surface area contributed by atoms with Crippen LogP contribution in [-0.2, 0) is 0 Å². The van der Waals surface area contributed by atoms with Crippen LogP contribution in [0.1, 0.15) is 44.8 Å². The van der Waals surface area contributed by atoms with Crippen molar-refractivity contribution in [3.63, 3.8) is 0 Å². The fourth-order valence-corrected chi connectivity index (χ4v) is 2.83. The van der Waals surface area contributed by atoms with E-state index in [2.05, 4.69) is 29.8 Å². The van der Waals surface area contributed by atoms with E-state index in [1.807, 2.05) is 18.3 Å². The van der Waals surface area contributed by atoms with Gasteiger partial charge in [0.1, 0.15) is 0 Å². The van der Waals surface area contributed by atoms with Crippen molar-refractivity contribution in [2.24, 2.45) is 5.73 Å². The number of piperidine rings is 1. The lowest BCUT2D eigenvalue weighted by Gasteiger charge is -2.41. The van der Waals surface area contributed by atoms with Gasteiger partial charge in [0, 0.05) is 18.3 Å². The predicted molar refractivity (Wildman–Crippen MR) is 70.6 cm³/mol. The quantitative estimate of drug-likeness (QED) is 0.871. The van der Waals surface area contributed by atoms with Crippen LogP contribution in [0, 0.1) is 0 Å². The van der Waals surface area contributed by atoms with Crippen LogP contribution in [0.4, 0.5) is 0 Å². The van der Waals surface area contributed by atoms with Crippen molar-refractivity contribution in [1.29, 1.82) is 0 Å². The van der Waals surface area contributed by atoms with Gasteiger partial charge in [0.15, 0.2) is 0 Å². The van der Waals surface area contributed by atoms with E-state index in [0.717, 1.165) is 12.2 Å². The highest BCUT2D eigenvalue weighted by Crippen LogP contribution is 2.29. The number of nitrogens with two attached hydrogens (primary N) is 1. The molecule has 1 saturated heterocycles. The lowest BCUT2D eigenvalue weighted by molar-refractivity contribution is 0.0900. The number of rotatable bonds is 3. The normalized spacial score (nSPS) is 25.5. The lowest BCUT2D eigenvalue weighted by Crippen LogP contribution is -2.46. The van der Waals surface area contributed by atoms with Gasteiger partial charge in [0.2, 0.25) is 0 Å². The number of hydrogen-bond donors (Lipinski definition) is 1. The number of likely N-dealkylation sites (tertiary alicyclic amines) is 1. The molecule has 2 N–H and O–H groups in total. The van der Waals surface area contributed by atoms with Crippen LogP contribution in [0.2, 0.25) is 0 Å². The van der Waals surface area contributed by atoms with Crippen LogP contribution >= 0.6 is 0 Å². The van der Waals surface area contributed by atoms with E-state index in [-0.39, 0.29) is 12.1 Å². The molecule has 1 aromatic heterocycles. The fraction of sp³-hybridized carbons (Fsp3) is 0.643. The van der Waals surface area contributed by atoms with Crippen LogP contribution in [0.15, 0.2) is 24.4 Å². The summed E-state index contributed by atoms with van der Waals surface area (Å²) in [7, 11) is 0. The molecule has 3 nitrogen and oxygen atoms in total. The molecule has 0 radical (unpaired) electrons. The molecule has 0 amide bonds. The zero-order chi connectivity index (χ0) is 12.3. The number of pyridine rings is 1. The van der Waals surface area contributed by atoms with Gasteiger partial charge in [-0.3, -0.25) is 9.88 Å². The summed E-state index contributed by atoms with van der Waals surface area (Å²) in [5, 5.41) is 0. The molecule has 1 aromatic rings. The third-order valence-electron chi connectivity index (χ3n) is 3.70. The Bertz CT molecular complexity index is 337. The minimum Gasteiger partial charge on any atom is -0.326 e. The van der Waals surface area contributed by atoms with Gasteiger partial charge in [-0.15, -0.1) is 0 Å². The molecule has 0 aromatic carbocycles. The van der Waals surface area contributed by atoms with Crippen LogP contribution in [0.3, 0.4) is 0 Å². The van der Waals surface area contributed by atoms with Crippen molar-refractivity contribution < 1.29 is 0 Å². The summed E-state index contributed by atoms with van der Waals surface area (Å²) in [6.07, 6.45) is 5.75. The third-order valence-corrected chi connectivity index (χ3v) is 3.70. The molecule has 3 heteroatoms. The Morgan fingerprint density at radius 1 is 1.41 bits per heavy atom. The van der Waals surface area contributed by atoms with Crippen molar-refractivity contribution >= 4 is 0 Å². The average Bonchev–Trinajstić information content (AvgIpc) is 2.33. The van der Waals surface area contributed by atoms with Gasteiger partial charge in [0.05, 0.1) is 11.7 Å². The van der Waals surface area contributed by atoms with Crippen molar-refractivity contribution in [3.8, 4) is 0 Å². The van der Waals surface area contributed by atoms with Crippen molar-refractivity contribution in [1.82, 2.24) is 9.88 Å². The van der Waals surface area contributed by atoms with E-state index in [1.54, 1.807) is 0 Å². The Morgan fingerprint density at radius 3 is 2.82 bits per heavy atom. The van der Waals surface area contributed by atoms with Crippen LogP contribution < -0.4 is 5.73 Å². The molecular formula is C14H23N3. The lowest BCUT2D eigenvalue weighted by atomic mass is 9.96. The average molecular weight is 233 g/mol. The first-order chi connectivity index (χ1) is 8.20. The van der Waals surface area contributed by atoms with E-state index in [1.165, 1.54) is 19.3 Å². The van der Waals surface area contributed by atoms with Crippen molar-refractivity contribution in [3.05, 3.63) is 30.1 Å². The molecule has 94 valence electrons. The zero-order valence-electron chi connectivity index (χ0n) is 10.8. The highest BCUT2D eigenvalue weighted by molar-refractivity contribution is 5.11. The molecular weight excluding hydrogens is 210 g/mol. The number of aromatic nitrogens is 1. The Hall–Kier alpha value is -0.930. The predicted octanol–water partition coefficient (Wildman–Crippen LogP) is 2.34. The van der Waals surface area contributed by atoms with Gasteiger partial charge in [-0.25, -0.2) is 0 Å². The number of nitrogens with zero attached hydrogens (tertiary/aromatic N) is 2. The van der Waals surface area contributed by atoms with Gasteiger partial charge in [0.25, 0.3) is 0 Å². The summed E-state index contributed by atoms with van der Waals surface area (Å²) < 4.78 is 0. The van der Waals surface area contributed by atoms with Gasteiger partial charge in [-0.2, -0.15) is 0 Å². The van der Waals surface area contributed by atoms with E-state index < -0.39 is 0 Å². The monoisotopic (exact) mass is 233 g/mol. The first kappa shape index (κ1) is 12.5. The third kappa shape index (κ3) is 2.85. The van der Waals surface area contributed by atoms with Crippen molar-refractivity contribution in [2.45, 2.75) is 51.2 Å². The summed E-state index contributed by atoms with van der Waals surface area (Å²) >= 11 is 0. The SMILES string of the molecule is CC(N)C(c1ccccn1)N1CCCCC1C. The second-order valence-electron chi connectivity index (χ2n) is 5.14. The molecule has 3 atom stereocenters. The summed E-state index contributed by atoms with van der Waals surface area (Å²) in [6, 6.07) is 7.09. The molecule has 17 heavy (non-hydrogen) atoms. The van der Waals surface area contributed by atoms with E-state index in [9.17, 15) is 0 Å². The summed E-state index contributed by atoms with van der Waals surface area (Å²) in [4.78, 5) is 7.01. The number of hydrogen-bond acceptors (Lipinski definition) is 3. The summed E-state index contributed by atoms with van der Waals surface area (Å²) in [5.74, 6) is 0. The molecule has 0 spiro atoms. The van der Waals surface area contributed by atoms with Gasteiger partial charge in [-0.05, 0) is 45.4 Å². The molecule has 0 saturated carbocycles. The topological polar surface area (TPSA) is 42.1 Å². The van der Waals surface area contributed by atoms with E-state index in [4.69, 9.17) is 5.73 Å². The van der Waals surface area contributed by atoms with E-state index in [0.29, 0.717) is 6.04 Å². The molecule has 1 fully saturated rings. The zero-order valence-corrected chi connectivity index (χ0v) is 10.8. The van der Waals surface area contributed by atoms with Crippen molar-refractivity contribution in [2.75, 3.05) is 6.54 Å². The fourth-order valence-electron chi connectivity index (χ4n) is 2.83. The summed E-state index contributed by atoms with van der Waals surface area (Å²) in [5.41, 5.74) is 7.29. The first-order valence-electron chi connectivity index (χ1n) is 6.62. The Labute approximate surface area is 104 Å². The van der Waals surface area contributed by atoms with Gasteiger partial charge < -0.3 is 5.73 Å². The molecule has 2 rings (SSSR count). The molecule has 2 heterocycles. The molecule has 3 unspecified atom stereocenters. The maximum absolute atomic E-state index is 6.18. The second-order valence-corrected chi connectivity index (χ2v) is 5.14. The minimum absolute atomic E-state index is 0.116. The maximum atomic E-state index is 6.18. The maximum Gasteiger partial charge on any atom is 0.0673 e. The highest BCUT2D eigenvalue weighted by atomic mass is 15.2. The summed E-state index contributed by atoms with van der Waals surface area (Å²) in [6.45, 7) is 5.53. The molecule has 0 aliphatic carbocycles. The Kier molecular flexibility index (Phi) is 4.13. The van der Waals surface area contributed by atoms with Crippen LogP contribution in [0.25, 0.3) is 0 Å². The smallest absolute Gasteiger partial charge is 0.0673 e. The first-order valence-corrected chi connectivity index (χ1v) is 6.62. The largest absolute Gasteiger partial charge is 0.326 e. The van der Waals surface area contributed by atoms with E-state index >= 15 is 0 Å². The van der Waals surface area contributed by atoms with Crippen LogP contribution in [0.5, 0.6) is 0 Å². The van der Waals surface area contributed by atoms with Gasteiger partial charge >= 0.3 is 0 Å². The highest BCUT2D eigenvalue weighted by Gasteiger charge is 2.30. The molecule has 1 aliphatic rings. The van der Waals surface area contributed by atoms with Gasteiger partial charge in [-0.1, -0.05) is 12.5 Å². The Balaban J connectivity index is 2.22.